The zero-order valence-corrected chi connectivity index (χ0v) is 10.2. The van der Waals surface area contributed by atoms with Crippen molar-refractivity contribution in [1.29, 1.82) is 0 Å². The van der Waals surface area contributed by atoms with Gasteiger partial charge < -0.3 is 10.4 Å². The molecule has 0 radical (unpaired) electrons. The summed E-state index contributed by atoms with van der Waals surface area (Å²) in [6.07, 6.45) is 2.73. The number of aromatic nitrogens is 3. The van der Waals surface area contributed by atoms with Gasteiger partial charge >= 0.3 is 5.97 Å². The molecule has 1 fully saturated rings. The zero-order valence-electron chi connectivity index (χ0n) is 10.2. The lowest BCUT2D eigenvalue weighted by Gasteiger charge is -2.06. The van der Waals surface area contributed by atoms with Gasteiger partial charge in [-0.25, -0.2) is 9.48 Å². The number of carbonyl (C=O) groups is 2. The molecule has 1 aromatic rings. The van der Waals surface area contributed by atoms with Crippen molar-refractivity contribution in [3.05, 3.63) is 11.4 Å². The molecule has 18 heavy (non-hydrogen) atoms. The lowest BCUT2D eigenvalue weighted by Crippen LogP contribution is -2.29. The maximum absolute atomic E-state index is 11.6. The zero-order chi connectivity index (χ0) is 13.1. The normalized spacial score (nSPS) is 14.5. The molecule has 2 N–H and O–H groups in total. The summed E-state index contributed by atoms with van der Waals surface area (Å²) in [6, 6.07) is 0. The van der Waals surface area contributed by atoms with Crippen LogP contribution in [0, 0.1) is 0 Å². The van der Waals surface area contributed by atoms with Gasteiger partial charge in [0.2, 0.25) is 5.91 Å². The fourth-order valence-electron chi connectivity index (χ4n) is 1.81. The maximum atomic E-state index is 11.6. The molecule has 0 aliphatic heterocycles. The second-order valence-electron chi connectivity index (χ2n) is 4.41. The van der Waals surface area contributed by atoms with Crippen molar-refractivity contribution in [3.63, 3.8) is 0 Å². The molecule has 0 bridgehead atoms. The van der Waals surface area contributed by atoms with Crippen LogP contribution in [0.2, 0.25) is 0 Å². The molecule has 1 aliphatic carbocycles. The first-order valence-corrected chi connectivity index (χ1v) is 6.06. The van der Waals surface area contributed by atoms with Crippen LogP contribution in [0.4, 0.5) is 0 Å². The molecule has 1 amide bonds. The van der Waals surface area contributed by atoms with Crippen molar-refractivity contribution in [2.24, 2.45) is 0 Å². The number of nitrogens with one attached hydrogen (secondary N) is 1. The SMILES string of the molecule is CCCNC(=O)Cn1nnc(C(=O)O)c1C1CC1. The van der Waals surface area contributed by atoms with Gasteiger partial charge in [-0.1, -0.05) is 12.1 Å². The Labute approximate surface area is 104 Å². The minimum atomic E-state index is -1.09. The quantitative estimate of drug-likeness (QED) is 0.762. The Morgan fingerprint density at radius 2 is 2.22 bits per heavy atom. The van der Waals surface area contributed by atoms with Gasteiger partial charge in [0, 0.05) is 12.5 Å². The van der Waals surface area contributed by atoms with Crippen molar-refractivity contribution < 1.29 is 14.7 Å². The van der Waals surface area contributed by atoms with Gasteiger partial charge in [0.05, 0.1) is 5.69 Å². The van der Waals surface area contributed by atoms with Crippen molar-refractivity contribution in [2.75, 3.05) is 6.54 Å². The third kappa shape index (κ3) is 2.66. The highest BCUT2D eigenvalue weighted by Crippen LogP contribution is 2.41. The number of hydrogen-bond donors (Lipinski definition) is 2. The Kier molecular flexibility index (Phi) is 3.59. The highest BCUT2D eigenvalue weighted by Gasteiger charge is 2.34. The molecule has 98 valence electrons. The van der Waals surface area contributed by atoms with Crippen LogP contribution < -0.4 is 5.32 Å². The van der Waals surface area contributed by atoms with Crippen LogP contribution in [0.25, 0.3) is 0 Å². The standard InChI is InChI=1S/C11H16N4O3/c1-2-5-12-8(16)6-15-10(7-3-4-7)9(11(17)18)13-14-15/h7H,2-6H2,1H3,(H,12,16)(H,17,18). The summed E-state index contributed by atoms with van der Waals surface area (Å²) in [5.41, 5.74) is 0.551. The first kappa shape index (κ1) is 12.5. The molecule has 2 rings (SSSR count). The first-order valence-electron chi connectivity index (χ1n) is 6.06. The summed E-state index contributed by atoms with van der Waals surface area (Å²) in [6.45, 7) is 2.61. The molecular formula is C11H16N4O3. The fraction of sp³-hybridized carbons (Fsp3) is 0.636. The number of hydrogen-bond acceptors (Lipinski definition) is 4. The lowest BCUT2D eigenvalue weighted by atomic mass is 10.2. The number of carboxylic acid groups (broad SMARTS) is 1. The van der Waals surface area contributed by atoms with Crippen molar-refractivity contribution in [1.82, 2.24) is 20.3 Å². The summed E-state index contributed by atoms with van der Waals surface area (Å²) in [4.78, 5) is 22.6. The highest BCUT2D eigenvalue weighted by atomic mass is 16.4. The molecular weight excluding hydrogens is 236 g/mol. The minimum absolute atomic E-state index is 0.0270. The van der Waals surface area contributed by atoms with E-state index in [0.29, 0.717) is 12.2 Å². The van der Waals surface area contributed by atoms with Crippen LogP contribution in [0.15, 0.2) is 0 Å². The van der Waals surface area contributed by atoms with Gasteiger partial charge in [-0.3, -0.25) is 4.79 Å². The lowest BCUT2D eigenvalue weighted by molar-refractivity contribution is -0.121. The van der Waals surface area contributed by atoms with E-state index in [4.69, 9.17) is 5.11 Å². The Bertz CT molecular complexity index is 465. The van der Waals surface area contributed by atoms with E-state index in [1.807, 2.05) is 6.92 Å². The second-order valence-corrected chi connectivity index (χ2v) is 4.41. The van der Waals surface area contributed by atoms with Gasteiger partial charge in [-0.15, -0.1) is 5.10 Å². The Morgan fingerprint density at radius 1 is 1.50 bits per heavy atom. The fourth-order valence-corrected chi connectivity index (χ4v) is 1.81. The smallest absolute Gasteiger partial charge is 0.358 e. The van der Waals surface area contributed by atoms with Crippen molar-refractivity contribution in [3.8, 4) is 0 Å². The predicted molar refractivity (Wildman–Crippen MR) is 62.3 cm³/mol. The van der Waals surface area contributed by atoms with Gasteiger partial charge in [-0.05, 0) is 19.3 Å². The number of aromatic carboxylic acids is 1. The van der Waals surface area contributed by atoms with E-state index >= 15 is 0 Å². The van der Waals surface area contributed by atoms with Crippen molar-refractivity contribution in [2.45, 2.75) is 38.6 Å². The molecule has 1 aromatic heterocycles. The summed E-state index contributed by atoms with van der Waals surface area (Å²) < 4.78 is 1.41. The molecule has 0 aromatic carbocycles. The maximum Gasteiger partial charge on any atom is 0.358 e. The topological polar surface area (TPSA) is 97.1 Å². The summed E-state index contributed by atoms with van der Waals surface area (Å²) in [7, 11) is 0. The predicted octanol–water partition coefficient (Wildman–Crippen LogP) is 0.380. The third-order valence-corrected chi connectivity index (χ3v) is 2.81. The van der Waals surface area contributed by atoms with E-state index in [-0.39, 0.29) is 24.1 Å². The summed E-state index contributed by atoms with van der Waals surface area (Å²) in [5, 5.41) is 19.2. The Hall–Kier alpha value is -1.92. The number of carboxylic acids is 1. The first-order chi connectivity index (χ1) is 8.63. The van der Waals surface area contributed by atoms with Crippen LogP contribution in [-0.4, -0.2) is 38.5 Å². The number of nitrogens with zero attached hydrogens (tertiary/aromatic N) is 3. The average molecular weight is 252 g/mol. The monoisotopic (exact) mass is 252 g/mol. The molecule has 7 nitrogen and oxygen atoms in total. The van der Waals surface area contributed by atoms with Gasteiger partial charge in [0.15, 0.2) is 5.69 Å². The molecule has 0 unspecified atom stereocenters. The number of amides is 1. The van der Waals surface area contributed by atoms with E-state index in [1.54, 1.807) is 0 Å². The third-order valence-electron chi connectivity index (χ3n) is 2.81. The van der Waals surface area contributed by atoms with Gasteiger partial charge in [-0.2, -0.15) is 0 Å². The molecule has 1 heterocycles. The Morgan fingerprint density at radius 3 is 2.78 bits per heavy atom. The second kappa shape index (κ2) is 5.16. The van der Waals surface area contributed by atoms with Crippen LogP contribution in [-0.2, 0) is 11.3 Å². The van der Waals surface area contributed by atoms with E-state index in [2.05, 4.69) is 15.6 Å². The molecule has 0 atom stereocenters. The van der Waals surface area contributed by atoms with Crippen LogP contribution in [0.3, 0.4) is 0 Å². The number of carbonyl (C=O) groups excluding carboxylic acids is 1. The summed E-state index contributed by atoms with van der Waals surface area (Å²) in [5.74, 6) is -1.07. The van der Waals surface area contributed by atoms with E-state index in [9.17, 15) is 9.59 Å². The van der Waals surface area contributed by atoms with E-state index < -0.39 is 5.97 Å². The van der Waals surface area contributed by atoms with E-state index in [0.717, 1.165) is 19.3 Å². The van der Waals surface area contributed by atoms with E-state index in [1.165, 1.54) is 4.68 Å². The van der Waals surface area contributed by atoms with Crippen LogP contribution >= 0.6 is 0 Å². The molecule has 0 spiro atoms. The van der Waals surface area contributed by atoms with Crippen LogP contribution in [0.5, 0.6) is 0 Å². The highest BCUT2D eigenvalue weighted by molar-refractivity contribution is 5.87. The van der Waals surface area contributed by atoms with Gasteiger partial charge in [0.25, 0.3) is 0 Å². The average Bonchev–Trinajstić information content (AvgIpc) is 3.08. The van der Waals surface area contributed by atoms with Gasteiger partial charge in [0.1, 0.15) is 6.54 Å². The molecule has 7 heteroatoms. The molecule has 1 saturated carbocycles. The number of rotatable bonds is 6. The van der Waals surface area contributed by atoms with Crippen molar-refractivity contribution >= 4 is 11.9 Å². The molecule has 1 aliphatic rings. The Balaban J connectivity index is 2.12. The molecule has 0 saturated heterocycles. The largest absolute Gasteiger partial charge is 0.476 e. The van der Waals surface area contributed by atoms with Crippen LogP contribution in [0.1, 0.15) is 48.3 Å². The summed E-state index contributed by atoms with van der Waals surface area (Å²) >= 11 is 0. The minimum Gasteiger partial charge on any atom is -0.476 e.